The van der Waals surface area contributed by atoms with Crippen LogP contribution in [0.3, 0.4) is 0 Å². The zero-order chi connectivity index (χ0) is 26.3. The number of aromatic nitrogens is 2. The van der Waals surface area contributed by atoms with E-state index in [2.05, 4.69) is 10.1 Å². The summed E-state index contributed by atoms with van der Waals surface area (Å²) < 4.78 is 17.0. The quantitative estimate of drug-likeness (QED) is 0.509. The molecule has 1 saturated heterocycles. The maximum absolute atomic E-state index is 15.3. The van der Waals surface area contributed by atoms with Crippen molar-refractivity contribution in [2.24, 2.45) is 11.1 Å². The van der Waals surface area contributed by atoms with Crippen molar-refractivity contribution in [3.05, 3.63) is 69.3 Å². The van der Waals surface area contributed by atoms with Gasteiger partial charge in [-0.2, -0.15) is 0 Å². The topological polar surface area (TPSA) is 134 Å². The number of anilines is 1. The second kappa shape index (κ2) is 7.94. The zero-order valence-electron chi connectivity index (χ0n) is 19.8. The Morgan fingerprint density at radius 2 is 1.82 bits per heavy atom. The number of carbonyl (C=O) groups excluding carboxylic acids is 2. The van der Waals surface area contributed by atoms with Crippen LogP contribution in [0, 0.1) is 11.7 Å². The van der Waals surface area contributed by atoms with Crippen LogP contribution in [0.5, 0.6) is 0 Å². The molecule has 192 valence electrons. The Morgan fingerprint density at radius 1 is 1.11 bits per heavy atom. The zero-order valence-corrected chi connectivity index (χ0v) is 19.8. The van der Waals surface area contributed by atoms with Crippen LogP contribution in [0.4, 0.5) is 10.2 Å². The molecule has 1 N–H and O–H groups in total. The molecule has 3 aliphatic heterocycles. The first-order valence-corrected chi connectivity index (χ1v) is 12.2. The second-order valence-corrected chi connectivity index (χ2v) is 9.96. The van der Waals surface area contributed by atoms with Gasteiger partial charge in [-0.1, -0.05) is 17.3 Å². The van der Waals surface area contributed by atoms with Gasteiger partial charge in [0, 0.05) is 18.8 Å². The summed E-state index contributed by atoms with van der Waals surface area (Å²) in [7, 11) is 0. The van der Waals surface area contributed by atoms with E-state index < -0.39 is 40.7 Å². The average molecular weight is 517 g/mol. The normalized spacial score (nSPS) is 22.1. The minimum absolute atomic E-state index is 0.00157. The van der Waals surface area contributed by atoms with E-state index in [-0.39, 0.29) is 48.4 Å². The first kappa shape index (κ1) is 22.6. The summed E-state index contributed by atoms with van der Waals surface area (Å²) >= 11 is 0. The minimum Gasteiger partial charge on any atom is -0.477 e. The first-order valence-electron chi connectivity index (χ1n) is 12.2. The SMILES string of the molecule is O=C(O)c1cn(C2CC2)c2nc(N3CC4ON=C(CN5C(=O)c6ccccc6C5=O)C4C3)c(F)cc2c1=O. The molecule has 2 aromatic heterocycles. The number of fused-ring (bicyclic) bond motifs is 3. The summed E-state index contributed by atoms with van der Waals surface area (Å²) in [5.41, 5.74) is 0.232. The minimum atomic E-state index is -1.37. The summed E-state index contributed by atoms with van der Waals surface area (Å²) in [5, 5.41) is 13.5. The van der Waals surface area contributed by atoms with Gasteiger partial charge in [0.15, 0.2) is 17.7 Å². The van der Waals surface area contributed by atoms with Gasteiger partial charge in [0.25, 0.3) is 11.8 Å². The van der Waals surface area contributed by atoms with Crippen molar-refractivity contribution in [1.82, 2.24) is 14.5 Å². The molecule has 2 unspecified atom stereocenters. The lowest BCUT2D eigenvalue weighted by molar-refractivity contribution is 0.0669. The van der Waals surface area contributed by atoms with Crippen LogP contribution in [0.2, 0.25) is 0 Å². The number of hydrogen-bond acceptors (Lipinski definition) is 8. The Morgan fingerprint density at radius 3 is 2.47 bits per heavy atom. The number of imide groups is 1. The highest BCUT2D eigenvalue weighted by atomic mass is 19.1. The molecule has 7 rings (SSSR count). The third-order valence-electron chi connectivity index (χ3n) is 7.61. The fourth-order valence-corrected chi connectivity index (χ4v) is 5.51. The number of carboxylic acids is 1. The maximum atomic E-state index is 15.3. The Bertz CT molecular complexity index is 1640. The van der Waals surface area contributed by atoms with Gasteiger partial charge in [0.05, 0.1) is 41.2 Å². The van der Waals surface area contributed by atoms with Crippen molar-refractivity contribution >= 4 is 40.3 Å². The molecule has 2 amide bonds. The molecule has 38 heavy (non-hydrogen) atoms. The molecular formula is C26H20FN5O6. The monoisotopic (exact) mass is 517 g/mol. The van der Waals surface area contributed by atoms with Gasteiger partial charge >= 0.3 is 5.97 Å². The van der Waals surface area contributed by atoms with Gasteiger partial charge in [0.1, 0.15) is 11.2 Å². The number of aromatic carboxylic acids is 1. The van der Waals surface area contributed by atoms with Crippen LogP contribution in [0.25, 0.3) is 11.0 Å². The third-order valence-corrected chi connectivity index (χ3v) is 7.61. The molecule has 11 nitrogen and oxygen atoms in total. The van der Waals surface area contributed by atoms with Crippen molar-refractivity contribution in [3.63, 3.8) is 0 Å². The molecule has 4 aliphatic rings. The fourth-order valence-electron chi connectivity index (χ4n) is 5.51. The van der Waals surface area contributed by atoms with Crippen LogP contribution in [0.1, 0.15) is 50.0 Å². The molecule has 12 heteroatoms. The first-order chi connectivity index (χ1) is 18.3. The van der Waals surface area contributed by atoms with Gasteiger partial charge in [-0.05, 0) is 31.0 Å². The van der Waals surface area contributed by atoms with E-state index in [4.69, 9.17) is 4.84 Å². The maximum Gasteiger partial charge on any atom is 0.341 e. The Balaban J connectivity index is 1.18. The predicted octanol–water partition coefficient (Wildman–Crippen LogP) is 2.06. The number of carboxylic acid groups (broad SMARTS) is 1. The van der Waals surface area contributed by atoms with Crippen molar-refractivity contribution in [2.45, 2.75) is 25.0 Å². The molecule has 1 aliphatic carbocycles. The number of carbonyl (C=O) groups is 3. The van der Waals surface area contributed by atoms with Crippen molar-refractivity contribution in [2.75, 3.05) is 24.5 Å². The van der Waals surface area contributed by atoms with E-state index in [1.807, 2.05) is 0 Å². The van der Waals surface area contributed by atoms with Crippen LogP contribution < -0.4 is 10.3 Å². The van der Waals surface area contributed by atoms with Gasteiger partial charge in [-0.3, -0.25) is 19.3 Å². The lowest BCUT2D eigenvalue weighted by Crippen LogP contribution is -2.38. The number of benzene rings is 1. The molecule has 5 heterocycles. The van der Waals surface area contributed by atoms with Crippen molar-refractivity contribution in [1.29, 1.82) is 0 Å². The van der Waals surface area contributed by atoms with Crippen molar-refractivity contribution < 1.29 is 28.7 Å². The number of rotatable bonds is 5. The van der Waals surface area contributed by atoms with Gasteiger partial charge < -0.3 is 19.4 Å². The second-order valence-electron chi connectivity index (χ2n) is 9.96. The van der Waals surface area contributed by atoms with Crippen molar-refractivity contribution in [3.8, 4) is 0 Å². The largest absolute Gasteiger partial charge is 0.477 e. The van der Waals surface area contributed by atoms with E-state index in [1.165, 1.54) is 6.20 Å². The number of halogens is 1. The molecule has 2 fully saturated rings. The summed E-state index contributed by atoms with van der Waals surface area (Å²) in [6.07, 6.45) is 2.49. The average Bonchev–Trinajstić information content (AvgIpc) is 3.49. The fraction of sp³-hybridized carbons (Fsp3) is 0.308. The van der Waals surface area contributed by atoms with Crippen LogP contribution in [0.15, 0.2) is 46.5 Å². The highest BCUT2D eigenvalue weighted by Crippen LogP contribution is 2.38. The van der Waals surface area contributed by atoms with Crippen LogP contribution in [-0.2, 0) is 4.84 Å². The molecule has 0 spiro atoms. The Kier molecular flexibility index (Phi) is 4.72. The molecule has 0 bridgehead atoms. The Hall–Kier alpha value is -4.61. The predicted molar refractivity (Wildman–Crippen MR) is 131 cm³/mol. The smallest absolute Gasteiger partial charge is 0.341 e. The van der Waals surface area contributed by atoms with Crippen LogP contribution in [-0.4, -0.2) is 68.8 Å². The number of hydrogen-bond donors (Lipinski definition) is 1. The lowest BCUT2D eigenvalue weighted by atomic mass is 10.0. The number of oxime groups is 1. The van der Waals surface area contributed by atoms with E-state index in [1.54, 1.807) is 33.7 Å². The molecular weight excluding hydrogens is 497 g/mol. The summed E-state index contributed by atoms with van der Waals surface area (Å²) in [6, 6.07) is 7.67. The summed E-state index contributed by atoms with van der Waals surface area (Å²) in [5.74, 6) is -3.19. The van der Waals surface area contributed by atoms with Crippen LogP contribution >= 0.6 is 0 Å². The van der Waals surface area contributed by atoms with E-state index in [0.717, 1.165) is 23.8 Å². The lowest BCUT2D eigenvalue weighted by Gasteiger charge is -2.21. The summed E-state index contributed by atoms with van der Waals surface area (Å²) in [4.78, 5) is 62.8. The molecule has 1 aromatic carbocycles. The number of pyridine rings is 2. The van der Waals surface area contributed by atoms with Gasteiger partial charge in [-0.15, -0.1) is 0 Å². The molecule has 2 atom stereocenters. The third kappa shape index (κ3) is 3.25. The Labute approximate surface area is 213 Å². The van der Waals surface area contributed by atoms with E-state index >= 15 is 4.39 Å². The van der Waals surface area contributed by atoms with Gasteiger partial charge in [0.2, 0.25) is 5.43 Å². The number of nitrogens with zero attached hydrogens (tertiary/aromatic N) is 5. The standard InChI is InChI=1S/C26H20FN5O6/c27-18-7-15-21(33)17(26(36)37)9-31(12-5-6-12)22(15)28-23(18)30-8-16-19(29-38-20(16)11-30)10-32-24(34)13-3-1-2-4-14(13)25(32)35/h1-4,7,9,12,16,20H,5-6,8,10-11H2,(H,36,37). The van der Waals surface area contributed by atoms with Gasteiger partial charge in [-0.25, -0.2) is 14.2 Å². The highest BCUT2D eigenvalue weighted by Gasteiger charge is 2.46. The molecule has 1 saturated carbocycles. The highest BCUT2D eigenvalue weighted by molar-refractivity contribution is 6.22. The molecule has 3 aromatic rings. The summed E-state index contributed by atoms with van der Waals surface area (Å²) in [6.45, 7) is 0.507. The molecule has 0 radical (unpaired) electrons. The van der Waals surface area contributed by atoms with E-state index in [0.29, 0.717) is 16.8 Å². The number of amides is 2. The van der Waals surface area contributed by atoms with E-state index in [9.17, 15) is 24.3 Å².